The van der Waals surface area contributed by atoms with E-state index < -0.39 is 0 Å². The summed E-state index contributed by atoms with van der Waals surface area (Å²) in [5.74, 6) is 0. The van der Waals surface area contributed by atoms with E-state index in [-0.39, 0.29) is 5.54 Å². The van der Waals surface area contributed by atoms with Gasteiger partial charge in [-0.1, -0.05) is 66.7 Å². The topological polar surface area (TPSA) is 3.88 Å². The second-order valence-electron chi connectivity index (χ2n) is 7.71. The van der Waals surface area contributed by atoms with Crippen LogP contribution in [-0.2, 0) is 5.54 Å². The number of pyridine rings is 1. The van der Waals surface area contributed by atoms with Crippen LogP contribution in [0.25, 0.3) is 33.2 Å². The van der Waals surface area contributed by atoms with Gasteiger partial charge in [-0.3, -0.25) is 0 Å². The van der Waals surface area contributed by atoms with Gasteiger partial charge in [0.25, 0.3) is 0 Å². The Morgan fingerprint density at radius 3 is 1.77 bits per heavy atom. The van der Waals surface area contributed by atoms with Crippen molar-refractivity contribution in [3.8, 4) is 22.4 Å². The van der Waals surface area contributed by atoms with Crippen LogP contribution < -0.4 is 4.57 Å². The standard InChI is InChI=1S/C25H24N/c1-25(2,3)26-18-21-16-10-11-17-22(21)23(19-12-6-4-7-13-19)24(26)20-14-8-5-9-15-20/h4-18H,1-3H3/q+1. The molecule has 3 aromatic carbocycles. The van der Waals surface area contributed by atoms with E-state index in [0.29, 0.717) is 0 Å². The molecule has 0 fully saturated rings. The second-order valence-corrected chi connectivity index (χ2v) is 7.71. The minimum absolute atomic E-state index is 0.0290. The molecular weight excluding hydrogens is 314 g/mol. The van der Waals surface area contributed by atoms with Crippen molar-refractivity contribution in [1.29, 1.82) is 0 Å². The van der Waals surface area contributed by atoms with Gasteiger partial charge in [-0.15, -0.1) is 0 Å². The van der Waals surface area contributed by atoms with Crippen LogP contribution in [0.1, 0.15) is 20.8 Å². The molecule has 0 bridgehead atoms. The Morgan fingerprint density at radius 2 is 1.15 bits per heavy atom. The van der Waals surface area contributed by atoms with Crippen molar-refractivity contribution in [3.63, 3.8) is 0 Å². The molecule has 128 valence electrons. The van der Waals surface area contributed by atoms with Crippen molar-refractivity contribution in [2.45, 2.75) is 26.3 Å². The third-order valence-corrected chi connectivity index (χ3v) is 4.81. The van der Waals surface area contributed by atoms with Crippen LogP contribution >= 0.6 is 0 Å². The lowest BCUT2D eigenvalue weighted by molar-refractivity contribution is -0.742. The third kappa shape index (κ3) is 2.90. The number of nitrogens with zero attached hydrogens (tertiary/aromatic N) is 1. The van der Waals surface area contributed by atoms with Crippen LogP contribution in [0.4, 0.5) is 0 Å². The molecular formula is C25H24N+. The first-order chi connectivity index (χ1) is 12.6. The van der Waals surface area contributed by atoms with Crippen molar-refractivity contribution in [2.24, 2.45) is 0 Å². The molecule has 0 unspecified atom stereocenters. The van der Waals surface area contributed by atoms with E-state index in [2.05, 4.69) is 116 Å². The molecule has 4 aromatic rings. The first kappa shape index (κ1) is 16.5. The normalized spacial score (nSPS) is 11.7. The maximum Gasteiger partial charge on any atom is 0.221 e. The van der Waals surface area contributed by atoms with Crippen molar-refractivity contribution < 1.29 is 4.57 Å². The zero-order chi connectivity index (χ0) is 18.1. The lowest BCUT2D eigenvalue weighted by atomic mass is 9.92. The zero-order valence-corrected chi connectivity index (χ0v) is 15.6. The monoisotopic (exact) mass is 338 g/mol. The van der Waals surface area contributed by atoms with E-state index in [9.17, 15) is 0 Å². The highest BCUT2D eigenvalue weighted by molar-refractivity contribution is 6.01. The van der Waals surface area contributed by atoms with Crippen LogP contribution in [0.3, 0.4) is 0 Å². The second kappa shape index (κ2) is 6.42. The maximum absolute atomic E-state index is 2.42. The van der Waals surface area contributed by atoms with E-state index in [1.54, 1.807) is 0 Å². The highest BCUT2D eigenvalue weighted by Gasteiger charge is 2.31. The summed E-state index contributed by atoms with van der Waals surface area (Å²) in [5.41, 5.74) is 5.03. The third-order valence-electron chi connectivity index (χ3n) is 4.81. The summed E-state index contributed by atoms with van der Waals surface area (Å²) in [4.78, 5) is 0. The average Bonchev–Trinajstić information content (AvgIpc) is 2.67. The van der Waals surface area contributed by atoms with Gasteiger partial charge in [-0.25, -0.2) is 0 Å². The fraction of sp³-hybridized carbons (Fsp3) is 0.160. The highest BCUT2D eigenvalue weighted by Crippen LogP contribution is 2.36. The van der Waals surface area contributed by atoms with Gasteiger partial charge < -0.3 is 0 Å². The molecule has 0 aliphatic heterocycles. The zero-order valence-electron chi connectivity index (χ0n) is 15.6. The van der Waals surface area contributed by atoms with Crippen LogP contribution in [0.5, 0.6) is 0 Å². The van der Waals surface area contributed by atoms with Crippen LogP contribution in [0.15, 0.2) is 91.1 Å². The first-order valence-corrected chi connectivity index (χ1v) is 9.14. The molecule has 0 radical (unpaired) electrons. The van der Waals surface area contributed by atoms with Gasteiger partial charge in [0.1, 0.15) is 0 Å². The fourth-order valence-corrected chi connectivity index (χ4v) is 3.59. The van der Waals surface area contributed by atoms with E-state index in [0.717, 1.165) is 0 Å². The SMILES string of the molecule is CC(C)(C)[n+]1cc2ccccc2c(-c2ccccc2)c1-c1ccccc1. The van der Waals surface area contributed by atoms with Crippen molar-refractivity contribution in [1.82, 2.24) is 0 Å². The predicted molar refractivity (Wildman–Crippen MR) is 110 cm³/mol. The number of aromatic nitrogens is 1. The van der Waals surface area contributed by atoms with Gasteiger partial charge >= 0.3 is 0 Å². The summed E-state index contributed by atoms with van der Waals surface area (Å²) in [6.45, 7) is 6.80. The van der Waals surface area contributed by atoms with E-state index in [1.807, 2.05) is 0 Å². The molecule has 1 heteroatoms. The van der Waals surface area contributed by atoms with Crippen molar-refractivity contribution in [2.75, 3.05) is 0 Å². The first-order valence-electron chi connectivity index (χ1n) is 9.14. The van der Waals surface area contributed by atoms with E-state index in [1.165, 1.54) is 33.2 Å². The summed E-state index contributed by atoms with van der Waals surface area (Å²) >= 11 is 0. The Labute approximate surface area is 155 Å². The molecule has 0 aliphatic carbocycles. The Kier molecular flexibility index (Phi) is 4.08. The van der Waals surface area contributed by atoms with Gasteiger partial charge in [0.2, 0.25) is 5.69 Å². The molecule has 0 aliphatic rings. The summed E-state index contributed by atoms with van der Waals surface area (Å²) < 4.78 is 2.42. The summed E-state index contributed by atoms with van der Waals surface area (Å²) in [6.07, 6.45) is 2.30. The fourth-order valence-electron chi connectivity index (χ4n) is 3.59. The molecule has 0 spiro atoms. The lowest BCUT2D eigenvalue weighted by Gasteiger charge is -2.21. The van der Waals surface area contributed by atoms with Gasteiger partial charge in [-0.2, -0.15) is 4.57 Å². The lowest BCUT2D eigenvalue weighted by Crippen LogP contribution is -2.51. The minimum atomic E-state index is -0.0290. The molecule has 0 saturated heterocycles. The van der Waals surface area contributed by atoms with Crippen molar-refractivity contribution >= 4 is 10.8 Å². The summed E-state index contributed by atoms with van der Waals surface area (Å²) in [5, 5.41) is 2.55. The Balaban J connectivity index is 2.21. The number of hydrogen-bond acceptors (Lipinski definition) is 0. The molecule has 1 aromatic heterocycles. The number of hydrogen-bond donors (Lipinski definition) is 0. The molecule has 0 atom stereocenters. The molecule has 1 nitrogen and oxygen atoms in total. The molecule has 26 heavy (non-hydrogen) atoms. The summed E-state index contributed by atoms with van der Waals surface area (Å²) in [6, 6.07) is 30.1. The molecule has 0 saturated carbocycles. The number of fused-ring (bicyclic) bond motifs is 1. The van der Waals surface area contributed by atoms with E-state index >= 15 is 0 Å². The Bertz CT molecular complexity index is 1040. The summed E-state index contributed by atoms with van der Waals surface area (Å²) in [7, 11) is 0. The van der Waals surface area contributed by atoms with Gasteiger partial charge in [0.05, 0.1) is 5.56 Å². The Morgan fingerprint density at radius 1 is 0.615 bits per heavy atom. The molecule has 0 N–H and O–H groups in total. The number of benzene rings is 3. The van der Waals surface area contributed by atoms with E-state index in [4.69, 9.17) is 0 Å². The quantitative estimate of drug-likeness (QED) is 0.382. The molecule has 0 amide bonds. The van der Waals surface area contributed by atoms with Crippen LogP contribution in [0.2, 0.25) is 0 Å². The van der Waals surface area contributed by atoms with Gasteiger partial charge in [0.15, 0.2) is 11.7 Å². The van der Waals surface area contributed by atoms with Gasteiger partial charge in [-0.05, 0) is 23.8 Å². The molecule has 4 rings (SSSR count). The predicted octanol–water partition coefficient (Wildman–Crippen LogP) is 6.22. The average molecular weight is 338 g/mol. The smallest absolute Gasteiger partial charge is 0.193 e. The number of rotatable bonds is 2. The van der Waals surface area contributed by atoms with Crippen molar-refractivity contribution in [3.05, 3.63) is 91.1 Å². The largest absolute Gasteiger partial charge is 0.221 e. The molecule has 1 heterocycles. The van der Waals surface area contributed by atoms with Crippen LogP contribution in [0, 0.1) is 0 Å². The maximum atomic E-state index is 2.42. The minimum Gasteiger partial charge on any atom is -0.193 e. The Hall–Kier alpha value is -2.93. The van der Waals surface area contributed by atoms with Gasteiger partial charge in [0, 0.05) is 37.1 Å². The van der Waals surface area contributed by atoms with Crippen LogP contribution in [-0.4, -0.2) is 0 Å². The highest BCUT2D eigenvalue weighted by atomic mass is 15.0.